The predicted octanol–water partition coefficient (Wildman–Crippen LogP) is 2.95. The molecule has 5 heteroatoms. The van der Waals surface area contributed by atoms with E-state index < -0.39 is 0 Å². The number of thiophene rings is 1. The highest BCUT2D eigenvalue weighted by molar-refractivity contribution is 7.08. The highest BCUT2D eigenvalue weighted by Gasteiger charge is 2.09. The molecule has 0 saturated carbocycles. The van der Waals surface area contributed by atoms with Gasteiger partial charge in [-0.2, -0.15) is 11.3 Å². The van der Waals surface area contributed by atoms with Gasteiger partial charge in [0.1, 0.15) is 0 Å². The van der Waals surface area contributed by atoms with Crippen molar-refractivity contribution in [1.82, 2.24) is 10.6 Å². The Bertz CT molecular complexity index is 404. The molecule has 0 aromatic carbocycles. The average molecular weight is 296 g/mol. The number of carbonyl (C=O) groups is 2. The molecule has 0 fully saturated rings. The van der Waals surface area contributed by atoms with E-state index in [9.17, 15) is 9.59 Å². The maximum absolute atomic E-state index is 11.7. The Morgan fingerprint density at radius 3 is 2.80 bits per heavy atom. The Morgan fingerprint density at radius 1 is 1.35 bits per heavy atom. The zero-order valence-corrected chi connectivity index (χ0v) is 13.1. The third-order valence-corrected chi connectivity index (χ3v) is 3.75. The number of hydrogen-bond acceptors (Lipinski definition) is 3. The third kappa shape index (κ3) is 6.70. The normalized spacial score (nSPS) is 11.9. The Morgan fingerprint density at radius 2 is 2.15 bits per heavy atom. The van der Waals surface area contributed by atoms with Crippen LogP contribution in [-0.4, -0.2) is 24.4 Å². The minimum Gasteiger partial charge on any atom is -0.354 e. The van der Waals surface area contributed by atoms with Gasteiger partial charge in [0, 0.05) is 30.0 Å². The van der Waals surface area contributed by atoms with Gasteiger partial charge < -0.3 is 10.6 Å². The van der Waals surface area contributed by atoms with Crippen molar-refractivity contribution in [2.75, 3.05) is 6.54 Å². The summed E-state index contributed by atoms with van der Waals surface area (Å²) in [7, 11) is 0. The first-order valence-electron chi connectivity index (χ1n) is 7.23. The van der Waals surface area contributed by atoms with Gasteiger partial charge in [0.15, 0.2) is 0 Å². The van der Waals surface area contributed by atoms with Crippen molar-refractivity contribution >= 4 is 23.2 Å². The molecule has 0 bridgehead atoms. The van der Waals surface area contributed by atoms with Gasteiger partial charge >= 0.3 is 0 Å². The number of rotatable bonds is 9. The number of hydrogen-bond donors (Lipinski definition) is 2. The van der Waals surface area contributed by atoms with Crippen molar-refractivity contribution in [3.8, 4) is 0 Å². The summed E-state index contributed by atoms with van der Waals surface area (Å²) in [6, 6.07) is 1.98. The van der Waals surface area contributed by atoms with E-state index >= 15 is 0 Å². The Labute approximate surface area is 125 Å². The molecular formula is C15H24N2O2S. The lowest BCUT2D eigenvalue weighted by Crippen LogP contribution is -2.35. The van der Waals surface area contributed by atoms with Crippen LogP contribution in [0.15, 0.2) is 16.8 Å². The molecule has 1 rings (SSSR count). The molecule has 0 aliphatic rings. The van der Waals surface area contributed by atoms with Crippen LogP contribution in [0.3, 0.4) is 0 Å². The average Bonchev–Trinajstić information content (AvgIpc) is 2.92. The van der Waals surface area contributed by atoms with Gasteiger partial charge in [-0.25, -0.2) is 0 Å². The largest absolute Gasteiger partial charge is 0.354 e. The van der Waals surface area contributed by atoms with Crippen LogP contribution in [0.25, 0.3) is 0 Å². The van der Waals surface area contributed by atoms with Crippen molar-refractivity contribution in [1.29, 1.82) is 0 Å². The predicted molar refractivity (Wildman–Crippen MR) is 83.0 cm³/mol. The van der Waals surface area contributed by atoms with Gasteiger partial charge in [-0.3, -0.25) is 9.59 Å². The molecule has 4 nitrogen and oxygen atoms in total. The fourth-order valence-corrected chi connectivity index (χ4v) is 2.54. The van der Waals surface area contributed by atoms with Crippen LogP contribution in [0.5, 0.6) is 0 Å². The second kappa shape index (κ2) is 9.53. The van der Waals surface area contributed by atoms with Gasteiger partial charge in [-0.15, -0.1) is 0 Å². The molecular weight excluding hydrogens is 272 g/mol. The van der Waals surface area contributed by atoms with Crippen LogP contribution in [0.1, 0.15) is 56.3 Å². The van der Waals surface area contributed by atoms with Crippen molar-refractivity contribution < 1.29 is 9.59 Å². The lowest BCUT2D eigenvalue weighted by molar-refractivity contribution is -0.121. The minimum atomic E-state index is -0.116. The van der Waals surface area contributed by atoms with Crippen LogP contribution in [0, 0.1) is 0 Å². The summed E-state index contributed by atoms with van der Waals surface area (Å²) in [5, 5.41) is 9.37. The highest BCUT2D eigenvalue weighted by Crippen LogP contribution is 2.05. The second-order valence-electron chi connectivity index (χ2n) is 4.98. The van der Waals surface area contributed by atoms with Crippen LogP contribution in [0.2, 0.25) is 0 Å². The first-order chi connectivity index (χ1) is 9.63. The third-order valence-electron chi connectivity index (χ3n) is 3.07. The molecule has 1 atom stereocenters. The maximum atomic E-state index is 11.7. The van der Waals surface area contributed by atoms with Gasteiger partial charge in [0.2, 0.25) is 5.91 Å². The summed E-state index contributed by atoms with van der Waals surface area (Å²) in [5.74, 6) is -0.116. The molecule has 0 spiro atoms. The van der Waals surface area contributed by atoms with E-state index in [1.54, 1.807) is 11.4 Å². The first-order valence-corrected chi connectivity index (χ1v) is 8.17. The minimum absolute atomic E-state index is 0.000355. The lowest BCUT2D eigenvalue weighted by Gasteiger charge is -2.13. The standard InChI is InChI=1S/C15H24N2O2S/c1-3-4-5-6-12(2)17-14(18)7-9-16-15(19)13-8-10-20-11-13/h8,10-12H,3-7,9H2,1-2H3,(H,16,19)(H,17,18). The van der Waals surface area contributed by atoms with Gasteiger partial charge in [-0.1, -0.05) is 26.2 Å². The molecule has 0 radical (unpaired) electrons. The molecule has 0 saturated heterocycles. The topological polar surface area (TPSA) is 58.2 Å². The van der Waals surface area contributed by atoms with Crippen molar-refractivity contribution in [3.63, 3.8) is 0 Å². The monoisotopic (exact) mass is 296 g/mol. The summed E-state index contributed by atoms with van der Waals surface area (Å²) in [6.07, 6.45) is 4.88. The molecule has 2 N–H and O–H groups in total. The number of amides is 2. The number of nitrogens with one attached hydrogen (secondary N) is 2. The zero-order chi connectivity index (χ0) is 14.8. The molecule has 112 valence electrons. The summed E-state index contributed by atoms with van der Waals surface area (Å²) in [4.78, 5) is 23.3. The Hall–Kier alpha value is -1.36. The molecule has 20 heavy (non-hydrogen) atoms. The van der Waals surface area contributed by atoms with Crippen LogP contribution in [-0.2, 0) is 4.79 Å². The molecule has 0 aliphatic carbocycles. The van der Waals surface area contributed by atoms with Crippen LogP contribution >= 0.6 is 11.3 Å². The number of unbranched alkanes of at least 4 members (excludes halogenated alkanes) is 2. The van der Waals surface area contributed by atoms with Crippen LogP contribution in [0.4, 0.5) is 0 Å². The van der Waals surface area contributed by atoms with Crippen molar-refractivity contribution in [3.05, 3.63) is 22.4 Å². The smallest absolute Gasteiger partial charge is 0.252 e. The molecule has 0 aliphatic heterocycles. The summed E-state index contributed by atoms with van der Waals surface area (Å²) < 4.78 is 0. The molecule has 1 unspecified atom stereocenters. The van der Waals surface area contributed by atoms with E-state index in [2.05, 4.69) is 17.6 Å². The van der Waals surface area contributed by atoms with Crippen molar-refractivity contribution in [2.45, 2.75) is 52.0 Å². The Balaban J connectivity index is 2.12. The summed E-state index contributed by atoms with van der Waals surface area (Å²) in [6.45, 7) is 4.57. The van der Waals surface area contributed by atoms with E-state index in [0.717, 1.165) is 12.8 Å². The molecule has 1 heterocycles. The van der Waals surface area contributed by atoms with Gasteiger partial charge in [0.25, 0.3) is 5.91 Å². The van der Waals surface area contributed by atoms with E-state index in [4.69, 9.17) is 0 Å². The fraction of sp³-hybridized carbons (Fsp3) is 0.600. The van der Waals surface area contributed by atoms with Gasteiger partial charge in [0.05, 0.1) is 0 Å². The summed E-state index contributed by atoms with van der Waals surface area (Å²) in [5.41, 5.74) is 0.656. The van der Waals surface area contributed by atoms with Gasteiger partial charge in [-0.05, 0) is 24.8 Å². The SMILES string of the molecule is CCCCCC(C)NC(=O)CCNC(=O)c1ccsc1. The zero-order valence-electron chi connectivity index (χ0n) is 12.3. The number of carbonyl (C=O) groups excluding carboxylic acids is 2. The van der Waals surface area contributed by atoms with E-state index in [1.807, 2.05) is 12.3 Å². The summed E-state index contributed by atoms with van der Waals surface area (Å²) >= 11 is 1.49. The quantitative estimate of drug-likeness (QED) is 0.688. The molecule has 1 aromatic rings. The second-order valence-corrected chi connectivity index (χ2v) is 5.76. The molecule has 2 amide bonds. The molecule has 1 aromatic heterocycles. The van der Waals surface area contributed by atoms with E-state index in [1.165, 1.54) is 24.2 Å². The first kappa shape index (κ1) is 16.7. The van der Waals surface area contributed by atoms with Crippen LogP contribution < -0.4 is 10.6 Å². The van der Waals surface area contributed by atoms with E-state index in [0.29, 0.717) is 18.5 Å². The van der Waals surface area contributed by atoms with Crippen molar-refractivity contribution in [2.24, 2.45) is 0 Å². The maximum Gasteiger partial charge on any atom is 0.252 e. The fourth-order valence-electron chi connectivity index (χ4n) is 1.90. The Kier molecular flexibility index (Phi) is 7.95. The lowest BCUT2D eigenvalue weighted by atomic mass is 10.1. The highest BCUT2D eigenvalue weighted by atomic mass is 32.1. The van der Waals surface area contributed by atoms with E-state index in [-0.39, 0.29) is 17.9 Å².